The number of aromatic nitrogens is 4. The number of nitrogens with zero attached hydrogens (tertiary/aromatic N) is 4. The first-order chi connectivity index (χ1) is 8.24. The van der Waals surface area contributed by atoms with Crippen molar-refractivity contribution in [2.45, 2.75) is 19.8 Å². The zero-order valence-electron chi connectivity index (χ0n) is 9.85. The molecule has 0 atom stereocenters. The number of hydrogen-bond acceptors (Lipinski definition) is 5. The lowest BCUT2D eigenvalue weighted by atomic mass is 9.99. The van der Waals surface area contributed by atoms with Crippen LogP contribution in [0.3, 0.4) is 0 Å². The fourth-order valence-corrected chi connectivity index (χ4v) is 2.28. The minimum absolute atomic E-state index is 0.290. The Morgan fingerprint density at radius 2 is 2.12 bits per heavy atom. The Morgan fingerprint density at radius 3 is 2.88 bits per heavy atom. The zero-order chi connectivity index (χ0) is 11.8. The van der Waals surface area contributed by atoms with Gasteiger partial charge in [0.1, 0.15) is 5.52 Å². The monoisotopic (exact) mass is 232 g/mol. The summed E-state index contributed by atoms with van der Waals surface area (Å²) in [5.41, 5.74) is 7.24. The minimum atomic E-state index is 0.290. The van der Waals surface area contributed by atoms with Crippen molar-refractivity contribution in [3.8, 4) is 0 Å². The molecule has 0 unspecified atom stereocenters. The maximum atomic E-state index is 5.72. The first-order valence-corrected chi connectivity index (χ1v) is 5.95. The van der Waals surface area contributed by atoms with E-state index < -0.39 is 0 Å². The number of aromatic amines is 1. The predicted octanol–water partition coefficient (Wildman–Crippen LogP) is 1.17. The molecule has 0 spiro atoms. The van der Waals surface area contributed by atoms with Crippen molar-refractivity contribution in [1.29, 1.82) is 0 Å². The molecule has 1 aliphatic rings. The van der Waals surface area contributed by atoms with E-state index in [4.69, 9.17) is 5.73 Å². The molecule has 0 aromatic carbocycles. The third-order valence-corrected chi connectivity index (χ3v) is 3.37. The minimum Gasteiger partial charge on any atom is -0.368 e. The average Bonchev–Trinajstić information content (AvgIpc) is 2.77. The van der Waals surface area contributed by atoms with E-state index in [0.29, 0.717) is 11.6 Å². The number of hydrogen-bond donors (Lipinski definition) is 2. The van der Waals surface area contributed by atoms with Crippen LogP contribution in [0.4, 0.5) is 11.8 Å². The Balaban J connectivity index is 2.01. The molecule has 1 fully saturated rings. The van der Waals surface area contributed by atoms with Crippen LogP contribution in [0.1, 0.15) is 19.8 Å². The van der Waals surface area contributed by atoms with Gasteiger partial charge >= 0.3 is 0 Å². The lowest BCUT2D eigenvalue weighted by molar-refractivity contribution is 0.437. The second-order valence-electron chi connectivity index (χ2n) is 4.68. The molecule has 0 radical (unpaired) electrons. The smallest absolute Gasteiger partial charge is 0.224 e. The Hall–Kier alpha value is -1.85. The number of nitrogens with one attached hydrogen (secondary N) is 1. The van der Waals surface area contributed by atoms with E-state index in [0.717, 1.165) is 30.3 Å². The van der Waals surface area contributed by atoms with Crippen LogP contribution in [0, 0.1) is 5.92 Å². The molecule has 6 heteroatoms. The molecule has 2 aromatic rings. The summed E-state index contributed by atoms with van der Waals surface area (Å²) >= 11 is 0. The van der Waals surface area contributed by atoms with Gasteiger partial charge in [-0.1, -0.05) is 6.92 Å². The van der Waals surface area contributed by atoms with Crippen molar-refractivity contribution in [3.63, 3.8) is 0 Å². The molecule has 0 amide bonds. The fourth-order valence-electron chi connectivity index (χ4n) is 2.28. The Kier molecular flexibility index (Phi) is 2.35. The van der Waals surface area contributed by atoms with E-state index in [2.05, 4.69) is 31.8 Å². The number of rotatable bonds is 1. The maximum Gasteiger partial charge on any atom is 0.224 e. The fraction of sp³-hybridized carbons (Fsp3) is 0.545. The van der Waals surface area contributed by atoms with Gasteiger partial charge in [0.25, 0.3) is 0 Å². The van der Waals surface area contributed by atoms with Crippen molar-refractivity contribution in [2.24, 2.45) is 5.92 Å². The zero-order valence-corrected chi connectivity index (χ0v) is 9.85. The van der Waals surface area contributed by atoms with E-state index in [1.807, 2.05) is 0 Å². The van der Waals surface area contributed by atoms with E-state index in [1.54, 1.807) is 6.33 Å². The van der Waals surface area contributed by atoms with Crippen molar-refractivity contribution in [2.75, 3.05) is 23.7 Å². The van der Waals surface area contributed by atoms with Gasteiger partial charge in [-0.3, -0.25) is 0 Å². The highest BCUT2D eigenvalue weighted by atomic mass is 15.2. The Morgan fingerprint density at radius 1 is 1.35 bits per heavy atom. The van der Waals surface area contributed by atoms with Crippen LogP contribution in [0.15, 0.2) is 6.33 Å². The van der Waals surface area contributed by atoms with Crippen LogP contribution in [-0.2, 0) is 0 Å². The summed E-state index contributed by atoms with van der Waals surface area (Å²) in [5.74, 6) is 1.97. The van der Waals surface area contributed by atoms with Gasteiger partial charge in [-0.25, -0.2) is 4.98 Å². The third-order valence-electron chi connectivity index (χ3n) is 3.37. The molecule has 6 nitrogen and oxygen atoms in total. The van der Waals surface area contributed by atoms with Crippen molar-refractivity contribution in [3.05, 3.63) is 6.33 Å². The van der Waals surface area contributed by atoms with Gasteiger partial charge in [-0.15, -0.1) is 0 Å². The second-order valence-corrected chi connectivity index (χ2v) is 4.68. The summed E-state index contributed by atoms with van der Waals surface area (Å²) in [6, 6.07) is 0. The number of H-pyrrole nitrogens is 1. The Labute approximate surface area is 99.3 Å². The number of anilines is 2. The van der Waals surface area contributed by atoms with Crippen LogP contribution in [-0.4, -0.2) is 33.0 Å². The van der Waals surface area contributed by atoms with Gasteiger partial charge in [0, 0.05) is 13.1 Å². The molecular weight excluding hydrogens is 216 g/mol. The number of piperidine rings is 1. The maximum absolute atomic E-state index is 5.72. The van der Waals surface area contributed by atoms with Gasteiger partial charge in [-0.05, 0) is 18.8 Å². The van der Waals surface area contributed by atoms with Gasteiger partial charge in [0.05, 0.1) is 6.33 Å². The van der Waals surface area contributed by atoms with Crippen molar-refractivity contribution >= 4 is 22.9 Å². The standard InChI is InChI=1S/C11H16N6/c1-7-2-4-17(5-3-7)10-8-9(14-6-13-8)15-11(12)16-10/h6-7H,2-5H2,1H3,(H3,12,13,14,15,16). The molecule has 0 bridgehead atoms. The molecule has 90 valence electrons. The molecule has 0 saturated carbocycles. The summed E-state index contributed by atoms with van der Waals surface area (Å²) in [6.07, 6.45) is 4.02. The van der Waals surface area contributed by atoms with Gasteiger partial charge in [-0.2, -0.15) is 9.97 Å². The van der Waals surface area contributed by atoms with Crippen molar-refractivity contribution < 1.29 is 0 Å². The summed E-state index contributed by atoms with van der Waals surface area (Å²) in [4.78, 5) is 17.9. The molecule has 2 aromatic heterocycles. The summed E-state index contributed by atoms with van der Waals surface area (Å²) in [6.45, 7) is 4.33. The number of fused-ring (bicyclic) bond motifs is 1. The van der Waals surface area contributed by atoms with E-state index in [-0.39, 0.29) is 0 Å². The lowest BCUT2D eigenvalue weighted by Crippen LogP contribution is -2.33. The molecular formula is C11H16N6. The second kappa shape index (κ2) is 3.87. The Bertz CT molecular complexity index is 526. The van der Waals surface area contributed by atoms with Gasteiger partial charge in [0.15, 0.2) is 11.5 Å². The summed E-state index contributed by atoms with van der Waals surface area (Å²) < 4.78 is 0. The topological polar surface area (TPSA) is 83.7 Å². The SMILES string of the molecule is CC1CCN(c2nc(N)nc3nc[nH]c23)CC1. The molecule has 3 N–H and O–H groups in total. The molecule has 17 heavy (non-hydrogen) atoms. The largest absolute Gasteiger partial charge is 0.368 e. The van der Waals surface area contributed by atoms with Gasteiger partial charge in [0.2, 0.25) is 5.95 Å². The van der Waals surface area contributed by atoms with Crippen LogP contribution in [0.2, 0.25) is 0 Å². The molecule has 1 aliphatic heterocycles. The lowest BCUT2D eigenvalue weighted by Gasteiger charge is -2.31. The van der Waals surface area contributed by atoms with E-state index in [9.17, 15) is 0 Å². The highest BCUT2D eigenvalue weighted by Crippen LogP contribution is 2.26. The molecule has 3 heterocycles. The normalized spacial score (nSPS) is 17.8. The third kappa shape index (κ3) is 1.79. The predicted molar refractivity (Wildman–Crippen MR) is 66.7 cm³/mol. The van der Waals surface area contributed by atoms with Crippen LogP contribution in [0.25, 0.3) is 11.2 Å². The summed E-state index contributed by atoms with van der Waals surface area (Å²) in [7, 11) is 0. The van der Waals surface area contributed by atoms with Crippen LogP contribution in [0.5, 0.6) is 0 Å². The average molecular weight is 232 g/mol. The molecule has 0 aliphatic carbocycles. The number of imidazole rings is 1. The summed E-state index contributed by atoms with van der Waals surface area (Å²) in [5, 5.41) is 0. The highest BCUT2D eigenvalue weighted by molar-refractivity contribution is 5.84. The van der Waals surface area contributed by atoms with Crippen molar-refractivity contribution in [1.82, 2.24) is 19.9 Å². The molecule has 3 rings (SSSR count). The van der Waals surface area contributed by atoms with E-state index >= 15 is 0 Å². The first kappa shape index (κ1) is 10.3. The number of nitrogens with two attached hydrogens (primary N) is 1. The van der Waals surface area contributed by atoms with E-state index in [1.165, 1.54) is 12.8 Å². The molecule has 1 saturated heterocycles. The van der Waals surface area contributed by atoms with Crippen LogP contribution < -0.4 is 10.6 Å². The first-order valence-electron chi connectivity index (χ1n) is 5.95. The van der Waals surface area contributed by atoms with Gasteiger partial charge < -0.3 is 15.6 Å². The highest BCUT2D eigenvalue weighted by Gasteiger charge is 2.20. The van der Waals surface area contributed by atoms with Crippen LogP contribution >= 0.6 is 0 Å². The number of nitrogen functional groups attached to an aromatic ring is 1. The quantitative estimate of drug-likeness (QED) is 0.771.